The van der Waals surface area contributed by atoms with Gasteiger partial charge >= 0.3 is 0 Å². The van der Waals surface area contributed by atoms with Gasteiger partial charge in [-0.15, -0.1) is 0 Å². The summed E-state index contributed by atoms with van der Waals surface area (Å²) in [5.41, 5.74) is 0. The van der Waals surface area contributed by atoms with Crippen LogP contribution in [0.2, 0.25) is 0 Å². The van der Waals surface area contributed by atoms with Crippen molar-refractivity contribution >= 4 is 0 Å². The van der Waals surface area contributed by atoms with Gasteiger partial charge in [0.25, 0.3) is 0 Å². The van der Waals surface area contributed by atoms with Crippen LogP contribution in [0.15, 0.2) is 12.4 Å². The molecule has 6 heteroatoms. The molecule has 0 spiro atoms. The van der Waals surface area contributed by atoms with Gasteiger partial charge in [0, 0.05) is 0 Å². The van der Waals surface area contributed by atoms with Crippen molar-refractivity contribution in [3.05, 3.63) is 12.4 Å². The molecule has 1 aromatic heterocycles. The highest BCUT2D eigenvalue weighted by atomic mass is 16.5. The zero-order valence-corrected chi connectivity index (χ0v) is 13.6. The summed E-state index contributed by atoms with van der Waals surface area (Å²) in [5.74, 6) is 1.13. The number of quaternary nitrogens is 2. The van der Waals surface area contributed by atoms with Gasteiger partial charge in [0.1, 0.15) is 32.6 Å². The first-order valence-electron chi connectivity index (χ1n) is 6.84. The first-order valence-corrected chi connectivity index (χ1v) is 6.84. The molecule has 114 valence electrons. The SMILES string of the molecule is C[N+](C)(C)CCOc1cc(OCC[N+](C)(C)C)ncn1. The second kappa shape index (κ2) is 6.85. The highest BCUT2D eigenvalue weighted by Crippen LogP contribution is 2.13. The fraction of sp³-hybridized carbons (Fsp3) is 0.714. The molecule has 0 amide bonds. The summed E-state index contributed by atoms with van der Waals surface area (Å²) in [6.45, 7) is 3.08. The van der Waals surface area contributed by atoms with Crippen LogP contribution >= 0.6 is 0 Å². The predicted molar refractivity (Wildman–Crippen MR) is 78.8 cm³/mol. The van der Waals surface area contributed by atoms with E-state index in [4.69, 9.17) is 9.47 Å². The molecule has 1 rings (SSSR count). The molecule has 0 saturated heterocycles. The van der Waals surface area contributed by atoms with E-state index in [0.717, 1.165) is 22.1 Å². The Bertz CT molecular complexity index is 375. The van der Waals surface area contributed by atoms with E-state index in [1.54, 1.807) is 6.07 Å². The standard InChI is InChI=1S/C14H28N4O2/c1-17(2,3)7-9-19-13-11-14(16-12-15-13)20-10-8-18(4,5)6/h11-12H,7-10H2,1-6H3/q+2. The first kappa shape index (κ1) is 16.7. The van der Waals surface area contributed by atoms with Crippen LogP contribution in [0.4, 0.5) is 0 Å². The maximum atomic E-state index is 5.62. The molecule has 0 aliphatic heterocycles. The van der Waals surface area contributed by atoms with E-state index >= 15 is 0 Å². The van der Waals surface area contributed by atoms with Crippen molar-refractivity contribution in [3.63, 3.8) is 0 Å². The maximum Gasteiger partial charge on any atom is 0.220 e. The topological polar surface area (TPSA) is 44.2 Å². The predicted octanol–water partition coefficient (Wildman–Crippen LogP) is 0.647. The fourth-order valence-electron chi connectivity index (χ4n) is 1.33. The third kappa shape index (κ3) is 7.91. The molecule has 0 aromatic carbocycles. The van der Waals surface area contributed by atoms with Gasteiger partial charge in [-0.05, 0) is 0 Å². The highest BCUT2D eigenvalue weighted by molar-refractivity contribution is 5.18. The average Bonchev–Trinajstić information content (AvgIpc) is 2.26. The number of ether oxygens (including phenoxy) is 2. The Balaban J connectivity index is 2.41. The van der Waals surface area contributed by atoms with Gasteiger partial charge < -0.3 is 18.4 Å². The molecular weight excluding hydrogens is 256 g/mol. The molecule has 0 aliphatic rings. The van der Waals surface area contributed by atoms with Crippen LogP contribution in [-0.4, -0.2) is 87.5 Å². The third-order valence-corrected chi connectivity index (χ3v) is 2.64. The van der Waals surface area contributed by atoms with Crippen LogP contribution in [0.5, 0.6) is 11.8 Å². The number of rotatable bonds is 8. The normalized spacial score (nSPS) is 12.3. The number of hydrogen-bond donors (Lipinski definition) is 0. The Kier molecular flexibility index (Phi) is 5.71. The average molecular weight is 284 g/mol. The molecule has 1 aromatic rings. The lowest BCUT2D eigenvalue weighted by Gasteiger charge is -2.23. The summed E-state index contributed by atoms with van der Waals surface area (Å²) < 4.78 is 13.0. The van der Waals surface area contributed by atoms with Crippen LogP contribution in [0.3, 0.4) is 0 Å². The van der Waals surface area contributed by atoms with Gasteiger partial charge in [0.2, 0.25) is 11.8 Å². The summed E-state index contributed by atoms with van der Waals surface area (Å²) >= 11 is 0. The Morgan fingerprint density at radius 1 is 0.800 bits per heavy atom. The van der Waals surface area contributed by atoms with Crippen molar-refractivity contribution in [2.75, 3.05) is 68.6 Å². The molecular formula is C14H28N4O2+2. The Morgan fingerprint density at radius 3 is 1.55 bits per heavy atom. The summed E-state index contributed by atoms with van der Waals surface area (Å²) in [4.78, 5) is 8.18. The minimum Gasteiger partial charge on any atom is -0.471 e. The molecule has 0 fully saturated rings. The Morgan fingerprint density at radius 2 is 1.20 bits per heavy atom. The van der Waals surface area contributed by atoms with Gasteiger partial charge in [-0.2, -0.15) is 0 Å². The van der Waals surface area contributed by atoms with Gasteiger partial charge in [0.15, 0.2) is 0 Å². The lowest BCUT2D eigenvalue weighted by atomic mass is 10.5. The van der Waals surface area contributed by atoms with Crippen molar-refractivity contribution in [1.29, 1.82) is 0 Å². The van der Waals surface area contributed by atoms with E-state index in [1.807, 2.05) is 0 Å². The van der Waals surface area contributed by atoms with Gasteiger partial charge in [-0.3, -0.25) is 0 Å². The minimum absolute atomic E-state index is 0.564. The zero-order valence-electron chi connectivity index (χ0n) is 13.6. The van der Waals surface area contributed by atoms with Gasteiger partial charge in [-0.1, -0.05) is 0 Å². The summed E-state index contributed by atoms with van der Waals surface area (Å²) in [5, 5.41) is 0. The molecule has 1 heterocycles. The molecule has 0 aliphatic carbocycles. The lowest BCUT2D eigenvalue weighted by molar-refractivity contribution is -0.870. The second-order valence-corrected chi connectivity index (χ2v) is 6.92. The first-order chi connectivity index (χ1) is 9.16. The van der Waals surface area contributed by atoms with Crippen LogP contribution in [0, 0.1) is 0 Å². The van der Waals surface area contributed by atoms with Crippen molar-refractivity contribution in [2.24, 2.45) is 0 Å². The largest absolute Gasteiger partial charge is 0.471 e. The number of aromatic nitrogens is 2. The fourth-order valence-corrected chi connectivity index (χ4v) is 1.33. The quantitative estimate of drug-likeness (QED) is 0.657. The minimum atomic E-state index is 0.564. The van der Waals surface area contributed by atoms with Gasteiger partial charge in [0.05, 0.1) is 48.4 Å². The van der Waals surface area contributed by atoms with E-state index < -0.39 is 0 Å². The van der Waals surface area contributed by atoms with Crippen LogP contribution in [-0.2, 0) is 0 Å². The molecule has 0 atom stereocenters. The Hall–Kier alpha value is -1.40. The smallest absolute Gasteiger partial charge is 0.220 e. The highest BCUT2D eigenvalue weighted by Gasteiger charge is 2.09. The van der Waals surface area contributed by atoms with E-state index in [-0.39, 0.29) is 0 Å². The van der Waals surface area contributed by atoms with E-state index in [0.29, 0.717) is 25.0 Å². The molecule has 0 bridgehead atoms. The van der Waals surface area contributed by atoms with Crippen LogP contribution in [0.1, 0.15) is 0 Å². The molecule has 0 saturated carbocycles. The van der Waals surface area contributed by atoms with Crippen LogP contribution < -0.4 is 9.47 Å². The third-order valence-electron chi connectivity index (χ3n) is 2.64. The zero-order chi connectivity index (χ0) is 15.2. The monoisotopic (exact) mass is 284 g/mol. The molecule has 0 radical (unpaired) electrons. The van der Waals surface area contributed by atoms with Crippen molar-refractivity contribution in [3.8, 4) is 11.8 Å². The molecule has 0 N–H and O–H groups in total. The number of nitrogens with zero attached hydrogens (tertiary/aromatic N) is 4. The maximum absolute atomic E-state index is 5.62. The summed E-state index contributed by atoms with van der Waals surface area (Å²) in [6, 6.07) is 1.74. The lowest BCUT2D eigenvalue weighted by Crippen LogP contribution is -2.38. The molecule has 20 heavy (non-hydrogen) atoms. The van der Waals surface area contributed by atoms with Crippen molar-refractivity contribution in [1.82, 2.24) is 9.97 Å². The Labute approximate surface area is 122 Å². The van der Waals surface area contributed by atoms with E-state index in [2.05, 4.69) is 52.3 Å². The summed E-state index contributed by atoms with van der Waals surface area (Å²) in [7, 11) is 12.8. The molecule has 6 nitrogen and oxygen atoms in total. The second-order valence-electron chi connectivity index (χ2n) is 6.92. The van der Waals surface area contributed by atoms with Crippen molar-refractivity contribution < 1.29 is 18.4 Å². The van der Waals surface area contributed by atoms with E-state index in [1.165, 1.54) is 6.33 Å². The van der Waals surface area contributed by atoms with Crippen molar-refractivity contribution in [2.45, 2.75) is 0 Å². The van der Waals surface area contributed by atoms with E-state index in [9.17, 15) is 0 Å². The summed E-state index contributed by atoms with van der Waals surface area (Å²) in [6.07, 6.45) is 1.47. The van der Waals surface area contributed by atoms with Crippen LogP contribution in [0.25, 0.3) is 0 Å². The molecule has 0 unspecified atom stereocenters. The number of hydrogen-bond acceptors (Lipinski definition) is 4. The van der Waals surface area contributed by atoms with Gasteiger partial charge in [-0.25, -0.2) is 9.97 Å². The number of likely N-dealkylation sites (N-methyl/N-ethyl adjacent to an activating group) is 2.